The molecule has 0 radical (unpaired) electrons. The Kier molecular flexibility index (Phi) is 13.6. The predicted molar refractivity (Wildman–Crippen MR) is 209 cm³/mol. The van der Waals surface area contributed by atoms with Gasteiger partial charge in [0.05, 0.1) is 36.5 Å². The SMILES string of the molecule is COC(=O)[C@@H](NCc1cc(Cl)c(O[C@H]2CCc3c(-c4cccc(OCCCN5CCC(O)CC5)c4C)cccc32)cc1OCc1cncc(C#N)c1)[C@@H](C)O. The molecule has 6 rings (SSSR count). The van der Waals surface area contributed by atoms with Crippen molar-refractivity contribution in [3.05, 3.63) is 105 Å². The molecule has 0 spiro atoms. The first-order valence-corrected chi connectivity index (χ1v) is 19.2. The molecular weight excluding hydrogens is 720 g/mol. The quantitative estimate of drug-likeness (QED) is 0.0852. The van der Waals surface area contributed by atoms with Crippen LogP contribution in [0, 0.1) is 18.3 Å². The minimum absolute atomic E-state index is 0.120. The van der Waals surface area contributed by atoms with Crippen LogP contribution in [-0.4, -0.2) is 77.7 Å². The first-order valence-electron chi connectivity index (χ1n) is 18.8. The van der Waals surface area contributed by atoms with Gasteiger partial charge < -0.3 is 34.1 Å². The molecule has 3 N–H and O–H groups in total. The van der Waals surface area contributed by atoms with Gasteiger partial charge in [-0.15, -0.1) is 0 Å². The molecule has 1 aliphatic heterocycles. The zero-order valence-corrected chi connectivity index (χ0v) is 32.3. The third-order valence-electron chi connectivity index (χ3n) is 10.4. The van der Waals surface area contributed by atoms with E-state index in [4.69, 9.17) is 30.5 Å². The summed E-state index contributed by atoms with van der Waals surface area (Å²) in [5.74, 6) is 1.19. The second-order valence-corrected chi connectivity index (χ2v) is 14.6. The van der Waals surface area contributed by atoms with Gasteiger partial charge in [-0.25, -0.2) is 0 Å². The van der Waals surface area contributed by atoms with Crippen LogP contribution >= 0.6 is 11.6 Å². The number of pyridine rings is 1. The van der Waals surface area contributed by atoms with E-state index in [-0.39, 0.29) is 25.4 Å². The summed E-state index contributed by atoms with van der Waals surface area (Å²) in [5.41, 5.74) is 7.45. The number of ether oxygens (including phenoxy) is 4. The molecule has 4 aromatic rings. The standard InChI is InChI=1S/C43H49ClN4O7/c1-27-33(7-5-10-38(27)53-18-6-15-48-16-13-32(50)14-17-48)34-8-4-9-36-35(34)11-12-39(36)55-41-21-40(54-26-30-19-29(22-45)23-46-24-30)31(20-37(41)44)25-47-42(28(2)49)43(51)52-3/h4-5,7-10,19-21,23-24,28,32,39,42,47,49-50H,6,11-18,25-26H2,1-3H3/t28-,39+,42+/m1/s1. The van der Waals surface area contributed by atoms with Crippen LogP contribution in [0.1, 0.15) is 72.1 Å². The molecule has 1 saturated heterocycles. The van der Waals surface area contributed by atoms with Crippen LogP contribution in [0.25, 0.3) is 11.1 Å². The molecule has 2 heterocycles. The van der Waals surface area contributed by atoms with Gasteiger partial charge >= 0.3 is 5.97 Å². The molecule has 1 aliphatic carbocycles. The van der Waals surface area contributed by atoms with E-state index in [0.717, 1.165) is 79.7 Å². The van der Waals surface area contributed by atoms with Crippen LogP contribution in [-0.2, 0) is 29.1 Å². The number of methoxy groups -OCH3 is 1. The van der Waals surface area contributed by atoms with Crippen molar-refractivity contribution >= 4 is 17.6 Å². The smallest absolute Gasteiger partial charge is 0.325 e. The van der Waals surface area contributed by atoms with Crippen molar-refractivity contribution in [3.63, 3.8) is 0 Å². The minimum Gasteiger partial charge on any atom is -0.493 e. The van der Waals surface area contributed by atoms with Crippen LogP contribution in [0.2, 0.25) is 5.02 Å². The fraction of sp³-hybridized carbons (Fsp3) is 0.419. The number of aromatic nitrogens is 1. The highest BCUT2D eigenvalue weighted by atomic mass is 35.5. The van der Waals surface area contributed by atoms with Crippen molar-refractivity contribution in [1.29, 1.82) is 5.26 Å². The Balaban J connectivity index is 1.19. The molecule has 0 amide bonds. The van der Waals surface area contributed by atoms with E-state index in [9.17, 15) is 20.3 Å². The number of halogens is 1. The Morgan fingerprint density at radius 1 is 1.05 bits per heavy atom. The molecule has 0 saturated carbocycles. The van der Waals surface area contributed by atoms with Crippen molar-refractivity contribution < 1.29 is 34.0 Å². The molecule has 55 heavy (non-hydrogen) atoms. The monoisotopic (exact) mass is 768 g/mol. The normalized spacial score (nSPS) is 16.9. The molecule has 1 fully saturated rings. The Morgan fingerprint density at radius 2 is 1.84 bits per heavy atom. The van der Waals surface area contributed by atoms with E-state index in [1.165, 1.54) is 25.8 Å². The number of esters is 1. The van der Waals surface area contributed by atoms with Crippen LogP contribution in [0.4, 0.5) is 0 Å². The number of likely N-dealkylation sites (tertiary alicyclic amines) is 1. The Hall–Kier alpha value is -4.70. The summed E-state index contributed by atoms with van der Waals surface area (Å²) < 4.78 is 24.1. The first-order chi connectivity index (χ1) is 26.6. The molecule has 290 valence electrons. The van der Waals surface area contributed by atoms with E-state index < -0.39 is 18.1 Å². The topological polar surface area (TPSA) is 146 Å². The van der Waals surface area contributed by atoms with Crippen molar-refractivity contribution in [1.82, 2.24) is 15.2 Å². The van der Waals surface area contributed by atoms with Crippen molar-refractivity contribution in [2.75, 3.05) is 33.4 Å². The number of carbonyl (C=O) groups excluding carboxylic acids is 1. The summed E-state index contributed by atoms with van der Waals surface area (Å²) in [7, 11) is 1.27. The summed E-state index contributed by atoms with van der Waals surface area (Å²) in [6.45, 7) is 7.33. The van der Waals surface area contributed by atoms with Crippen LogP contribution in [0.3, 0.4) is 0 Å². The van der Waals surface area contributed by atoms with Gasteiger partial charge in [0.2, 0.25) is 0 Å². The van der Waals surface area contributed by atoms with E-state index in [1.807, 2.05) is 12.1 Å². The zero-order chi connectivity index (χ0) is 38.9. The molecule has 12 heteroatoms. The van der Waals surface area contributed by atoms with Crippen molar-refractivity contribution in [2.45, 2.75) is 83.5 Å². The second-order valence-electron chi connectivity index (χ2n) is 14.2. The average Bonchev–Trinajstić information content (AvgIpc) is 3.60. The van der Waals surface area contributed by atoms with Gasteiger partial charge in [0.15, 0.2) is 0 Å². The van der Waals surface area contributed by atoms with E-state index >= 15 is 0 Å². The maximum Gasteiger partial charge on any atom is 0.325 e. The van der Waals surface area contributed by atoms with E-state index in [1.54, 1.807) is 24.4 Å². The van der Waals surface area contributed by atoms with Crippen molar-refractivity contribution in [2.24, 2.45) is 0 Å². The third kappa shape index (κ3) is 9.95. The lowest BCUT2D eigenvalue weighted by Gasteiger charge is -2.29. The van der Waals surface area contributed by atoms with Crippen LogP contribution in [0.5, 0.6) is 17.2 Å². The number of aliphatic hydroxyl groups is 2. The van der Waals surface area contributed by atoms with E-state index in [0.29, 0.717) is 39.8 Å². The number of rotatable bonds is 16. The molecular formula is C43H49ClN4O7. The Bertz CT molecular complexity index is 1990. The molecule has 0 bridgehead atoms. The highest BCUT2D eigenvalue weighted by Gasteiger charge is 2.29. The average molecular weight is 769 g/mol. The van der Waals surface area contributed by atoms with E-state index in [2.05, 4.69) is 52.5 Å². The number of aliphatic hydroxyl groups excluding tert-OH is 2. The van der Waals surface area contributed by atoms with Crippen molar-refractivity contribution in [3.8, 4) is 34.4 Å². The number of fused-ring (bicyclic) bond motifs is 1. The van der Waals surface area contributed by atoms with Gasteiger partial charge in [-0.3, -0.25) is 15.1 Å². The van der Waals surface area contributed by atoms with Gasteiger partial charge in [0.25, 0.3) is 0 Å². The lowest BCUT2D eigenvalue weighted by molar-refractivity contribution is -0.145. The molecule has 3 aromatic carbocycles. The predicted octanol–water partition coefficient (Wildman–Crippen LogP) is 6.47. The van der Waals surface area contributed by atoms with Gasteiger partial charge in [-0.1, -0.05) is 41.9 Å². The number of carbonyl (C=O) groups is 1. The molecule has 1 aromatic heterocycles. The Labute approximate surface area is 327 Å². The Morgan fingerprint density at radius 3 is 2.60 bits per heavy atom. The van der Waals surface area contributed by atoms with Gasteiger partial charge in [0, 0.05) is 55.8 Å². The number of nitrogens with zero attached hydrogens (tertiary/aromatic N) is 3. The van der Waals surface area contributed by atoms with Crippen LogP contribution in [0.15, 0.2) is 67.0 Å². The summed E-state index contributed by atoms with van der Waals surface area (Å²) in [4.78, 5) is 18.9. The zero-order valence-electron chi connectivity index (χ0n) is 31.6. The maximum absolute atomic E-state index is 12.3. The van der Waals surface area contributed by atoms with Crippen LogP contribution < -0.4 is 19.5 Å². The number of nitriles is 1. The lowest BCUT2D eigenvalue weighted by atomic mass is 9.93. The molecule has 0 unspecified atom stereocenters. The summed E-state index contributed by atoms with van der Waals surface area (Å²) in [6, 6.07) is 18.9. The number of hydrogen-bond donors (Lipinski definition) is 3. The van der Waals surface area contributed by atoms with Gasteiger partial charge in [-0.2, -0.15) is 5.26 Å². The molecule has 2 aliphatic rings. The maximum atomic E-state index is 12.3. The highest BCUT2D eigenvalue weighted by Crippen LogP contribution is 2.44. The third-order valence-corrected chi connectivity index (χ3v) is 10.7. The minimum atomic E-state index is -1.01. The summed E-state index contributed by atoms with van der Waals surface area (Å²) >= 11 is 6.88. The number of benzene rings is 3. The van der Waals surface area contributed by atoms with Gasteiger partial charge in [0.1, 0.15) is 42.1 Å². The molecule has 3 atom stereocenters. The summed E-state index contributed by atoms with van der Waals surface area (Å²) in [5, 5.41) is 32.8. The summed E-state index contributed by atoms with van der Waals surface area (Å²) in [6.07, 6.45) is 5.87. The highest BCUT2D eigenvalue weighted by molar-refractivity contribution is 6.32. The number of piperidine rings is 1. The fourth-order valence-electron chi connectivity index (χ4n) is 7.35. The molecule has 11 nitrogen and oxygen atoms in total. The first kappa shape index (κ1) is 40.0. The fourth-order valence-corrected chi connectivity index (χ4v) is 7.58. The number of hydrogen-bond acceptors (Lipinski definition) is 11. The number of nitrogens with one attached hydrogen (secondary N) is 1. The lowest BCUT2D eigenvalue weighted by Crippen LogP contribution is -2.45. The second kappa shape index (κ2) is 18.8. The van der Waals surface area contributed by atoms with Gasteiger partial charge in [-0.05, 0) is 92.0 Å². The largest absolute Gasteiger partial charge is 0.493 e.